The first kappa shape index (κ1) is 16.7. The van der Waals surface area contributed by atoms with Gasteiger partial charge < -0.3 is 10.1 Å². The van der Waals surface area contributed by atoms with Crippen LogP contribution in [0.4, 0.5) is 23.2 Å². The highest BCUT2D eigenvalue weighted by Crippen LogP contribution is 2.20. The number of nitrogens with one attached hydrogen (secondary N) is 1. The highest BCUT2D eigenvalue weighted by atomic mass is 19.4. The van der Waals surface area contributed by atoms with Crippen LogP contribution in [0, 0.1) is 5.82 Å². The van der Waals surface area contributed by atoms with E-state index in [1.807, 2.05) is 0 Å². The monoisotopic (exact) mass is 305 g/mol. The Hall–Kier alpha value is -2.38. The number of benzene rings is 1. The van der Waals surface area contributed by atoms with Crippen molar-refractivity contribution in [1.82, 2.24) is 0 Å². The lowest BCUT2D eigenvalue weighted by molar-refractivity contribution is -0.167. The van der Waals surface area contributed by atoms with Crippen molar-refractivity contribution in [2.45, 2.75) is 13.1 Å². The molecule has 0 aliphatic rings. The number of esters is 1. The Morgan fingerprint density at radius 2 is 2.00 bits per heavy atom. The molecule has 8 heteroatoms. The number of hydrogen-bond donors (Lipinski definition) is 1. The van der Waals surface area contributed by atoms with Gasteiger partial charge in [0.05, 0.1) is 6.61 Å². The highest BCUT2D eigenvalue weighted by Gasteiger charge is 2.38. The van der Waals surface area contributed by atoms with E-state index in [4.69, 9.17) is 0 Å². The zero-order valence-electron chi connectivity index (χ0n) is 10.8. The van der Waals surface area contributed by atoms with Crippen LogP contribution in [0.3, 0.4) is 0 Å². The molecule has 0 saturated carbocycles. The quantitative estimate of drug-likeness (QED) is 0.528. The molecule has 0 bridgehead atoms. The largest absolute Gasteiger partial charge is 0.471 e. The van der Waals surface area contributed by atoms with Crippen molar-refractivity contribution in [2.24, 2.45) is 0 Å². The van der Waals surface area contributed by atoms with E-state index in [-0.39, 0.29) is 17.9 Å². The molecule has 1 rings (SSSR count). The minimum Gasteiger partial charge on any atom is -0.463 e. The Labute approximate surface area is 117 Å². The molecule has 1 N–H and O–H groups in total. The molecule has 1 aromatic rings. The average Bonchev–Trinajstić information content (AvgIpc) is 2.37. The number of hydrogen-bond acceptors (Lipinski definition) is 3. The Balaban J connectivity index is 2.81. The number of anilines is 1. The molecule has 0 atom stereocenters. The van der Waals surface area contributed by atoms with Gasteiger partial charge in [0, 0.05) is 17.3 Å². The molecule has 1 aromatic carbocycles. The normalized spacial score (nSPS) is 11.5. The molecule has 0 spiro atoms. The van der Waals surface area contributed by atoms with Crippen molar-refractivity contribution in [3.63, 3.8) is 0 Å². The number of carbonyl (C=O) groups excluding carboxylic acids is 2. The maximum absolute atomic E-state index is 13.6. The van der Waals surface area contributed by atoms with Crippen molar-refractivity contribution < 1.29 is 31.9 Å². The van der Waals surface area contributed by atoms with Gasteiger partial charge in [-0.25, -0.2) is 9.18 Å². The molecule has 114 valence electrons. The lowest BCUT2D eigenvalue weighted by Gasteiger charge is -2.08. The highest BCUT2D eigenvalue weighted by molar-refractivity contribution is 5.95. The number of carbonyl (C=O) groups is 2. The first-order valence-corrected chi connectivity index (χ1v) is 5.76. The average molecular weight is 305 g/mol. The Bertz CT molecular complexity index is 567. The molecule has 0 heterocycles. The molecule has 0 saturated heterocycles. The molecule has 0 aliphatic heterocycles. The summed E-state index contributed by atoms with van der Waals surface area (Å²) in [5, 5.41) is 1.52. The summed E-state index contributed by atoms with van der Waals surface area (Å²) in [4.78, 5) is 21.7. The molecule has 1 amide bonds. The lowest BCUT2D eigenvalue weighted by atomic mass is 10.1. The van der Waals surface area contributed by atoms with E-state index >= 15 is 0 Å². The summed E-state index contributed by atoms with van der Waals surface area (Å²) in [5.74, 6) is -3.77. The van der Waals surface area contributed by atoms with E-state index in [1.54, 1.807) is 6.92 Å². The SMILES string of the molecule is CCOC(=O)C=Cc1ccc(NC(=O)C(F)(F)F)cc1F. The van der Waals surface area contributed by atoms with Crippen LogP contribution in [0.5, 0.6) is 0 Å². The van der Waals surface area contributed by atoms with E-state index in [1.165, 1.54) is 5.32 Å². The summed E-state index contributed by atoms with van der Waals surface area (Å²) < 4.78 is 54.3. The molecule has 4 nitrogen and oxygen atoms in total. The number of amides is 1. The molecular formula is C13H11F4NO3. The molecule has 21 heavy (non-hydrogen) atoms. The third-order valence-electron chi connectivity index (χ3n) is 2.20. The fourth-order valence-corrected chi connectivity index (χ4v) is 1.29. The van der Waals surface area contributed by atoms with Gasteiger partial charge in [0.1, 0.15) is 5.82 Å². The fourth-order valence-electron chi connectivity index (χ4n) is 1.29. The van der Waals surface area contributed by atoms with Gasteiger partial charge in [-0.3, -0.25) is 4.79 Å². The fraction of sp³-hybridized carbons (Fsp3) is 0.231. The van der Waals surface area contributed by atoms with E-state index in [0.717, 1.165) is 24.3 Å². The first-order valence-electron chi connectivity index (χ1n) is 5.76. The predicted octanol–water partition coefficient (Wildman–Crippen LogP) is 2.90. The van der Waals surface area contributed by atoms with Crippen LogP contribution in [0.2, 0.25) is 0 Å². The van der Waals surface area contributed by atoms with Gasteiger partial charge >= 0.3 is 18.1 Å². The first-order chi connectivity index (χ1) is 9.74. The van der Waals surface area contributed by atoms with Crippen molar-refractivity contribution in [3.8, 4) is 0 Å². The summed E-state index contributed by atoms with van der Waals surface area (Å²) in [6.45, 7) is 1.76. The summed E-state index contributed by atoms with van der Waals surface area (Å²) in [6, 6.07) is 2.92. The smallest absolute Gasteiger partial charge is 0.463 e. The van der Waals surface area contributed by atoms with Crippen molar-refractivity contribution in [2.75, 3.05) is 11.9 Å². The topological polar surface area (TPSA) is 55.4 Å². The Morgan fingerprint density at radius 1 is 1.33 bits per heavy atom. The lowest BCUT2D eigenvalue weighted by Crippen LogP contribution is -2.29. The van der Waals surface area contributed by atoms with Gasteiger partial charge in [0.15, 0.2) is 0 Å². The van der Waals surface area contributed by atoms with Gasteiger partial charge in [-0.2, -0.15) is 13.2 Å². The Kier molecular flexibility index (Phi) is 5.45. The number of halogens is 4. The molecule has 0 fully saturated rings. The van der Waals surface area contributed by atoms with Crippen molar-refractivity contribution in [3.05, 3.63) is 35.7 Å². The minimum atomic E-state index is -5.06. The standard InChI is InChI=1S/C13H11F4NO3/c1-2-21-11(19)6-4-8-3-5-9(7-10(8)14)18-12(20)13(15,16)17/h3-7H,2H2,1H3,(H,18,20). The summed E-state index contributed by atoms with van der Waals surface area (Å²) in [5.41, 5.74) is -0.379. The van der Waals surface area contributed by atoms with Crippen molar-refractivity contribution >= 4 is 23.6 Å². The number of alkyl halides is 3. The van der Waals surface area contributed by atoms with E-state index in [0.29, 0.717) is 6.07 Å². The number of ether oxygens (including phenoxy) is 1. The molecule has 0 aliphatic carbocycles. The summed E-state index contributed by atoms with van der Waals surface area (Å²) in [6.07, 6.45) is -2.96. The minimum absolute atomic E-state index is 0.0342. The van der Waals surface area contributed by atoms with Crippen LogP contribution in [0.15, 0.2) is 24.3 Å². The summed E-state index contributed by atoms with van der Waals surface area (Å²) >= 11 is 0. The van der Waals surface area contributed by atoms with Gasteiger partial charge in [0.2, 0.25) is 0 Å². The van der Waals surface area contributed by atoms with E-state index < -0.39 is 23.9 Å². The maximum atomic E-state index is 13.6. The molecule has 0 aromatic heterocycles. The maximum Gasteiger partial charge on any atom is 0.471 e. The zero-order chi connectivity index (χ0) is 16.0. The second-order valence-corrected chi connectivity index (χ2v) is 3.77. The molecular weight excluding hydrogens is 294 g/mol. The van der Waals surface area contributed by atoms with Gasteiger partial charge in [-0.15, -0.1) is 0 Å². The predicted molar refractivity (Wildman–Crippen MR) is 66.8 cm³/mol. The second-order valence-electron chi connectivity index (χ2n) is 3.77. The number of rotatable bonds is 4. The van der Waals surface area contributed by atoms with Crippen LogP contribution in [-0.4, -0.2) is 24.7 Å². The van der Waals surface area contributed by atoms with Crippen LogP contribution in [0.1, 0.15) is 12.5 Å². The van der Waals surface area contributed by atoms with E-state index in [9.17, 15) is 27.2 Å². The second kappa shape index (κ2) is 6.87. The van der Waals surface area contributed by atoms with Crippen LogP contribution >= 0.6 is 0 Å². The third-order valence-corrected chi connectivity index (χ3v) is 2.20. The van der Waals surface area contributed by atoms with Crippen LogP contribution in [-0.2, 0) is 14.3 Å². The van der Waals surface area contributed by atoms with Gasteiger partial charge in [-0.1, -0.05) is 0 Å². The zero-order valence-corrected chi connectivity index (χ0v) is 10.8. The van der Waals surface area contributed by atoms with Crippen molar-refractivity contribution in [1.29, 1.82) is 0 Å². The Morgan fingerprint density at radius 3 is 2.52 bits per heavy atom. The van der Waals surface area contributed by atoms with E-state index in [2.05, 4.69) is 4.74 Å². The van der Waals surface area contributed by atoms with Gasteiger partial charge in [0.25, 0.3) is 0 Å². The summed E-state index contributed by atoms with van der Waals surface area (Å²) in [7, 11) is 0. The molecule has 0 radical (unpaired) electrons. The third kappa shape index (κ3) is 5.25. The van der Waals surface area contributed by atoms with Crippen LogP contribution in [0.25, 0.3) is 6.08 Å². The van der Waals surface area contributed by atoms with Crippen LogP contribution < -0.4 is 5.32 Å². The molecule has 0 unspecified atom stereocenters. The van der Waals surface area contributed by atoms with Gasteiger partial charge in [-0.05, 0) is 31.2 Å².